The molecule has 2 atom stereocenters. The van der Waals surface area contributed by atoms with Crippen LogP contribution in [0.1, 0.15) is 18.5 Å². The molecule has 0 spiro atoms. The molecule has 5 nitrogen and oxygen atoms in total. The first-order valence-corrected chi connectivity index (χ1v) is 5.06. The van der Waals surface area contributed by atoms with E-state index >= 15 is 0 Å². The number of benzene rings is 1. The molecule has 0 radical (unpaired) electrons. The minimum absolute atomic E-state index is 0.218. The summed E-state index contributed by atoms with van der Waals surface area (Å²) >= 11 is 0. The molecule has 1 fully saturated rings. The first kappa shape index (κ1) is 10.6. The zero-order chi connectivity index (χ0) is 11.5. The van der Waals surface area contributed by atoms with E-state index in [1.165, 1.54) is 6.92 Å². The zero-order valence-corrected chi connectivity index (χ0v) is 8.86. The number of hydrogen-bond acceptors (Lipinski definition) is 3. The lowest BCUT2D eigenvalue weighted by Gasteiger charge is -2.17. The van der Waals surface area contributed by atoms with Gasteiger partial charge in [-0.1, -0.05) is 30.3 Å². The Labute approximate surface area is 93.2 Å². The lowest BCUT2D eigenvalue weighted by atomic mass is 10.0. The second-order valence-electron chi connectivity index (χ2n) is 3.70. The molecule has 16 heavy (non-hydrogen) atoms. The number of hydrogen-bond donors (Lipinski definition) is 3. The number of rotatable bonds is 2. The minimum Gasteiger partial charge on any atom is -0.343 e. The Morgan fingerprint density at radius 3 is 2.62 bits per heavy atom. The Hall–Kier alpha value is -1.88. The van der Waals surface area contributed by atoms with Crippen molar-refractivity contribution in [1.82, 2.24) is 16.2 Å². The highest BCUT2D eigenvalue weighted by atomic mass is 16.2. The van der Waals surface area contributed by atoms with Crippen molar-refractivity contribution in [2.75, 3.05) is 0 Å². The van der Waals surface area contributed by atoms with E-state index in [1.54, 1.807) is 0 Å². The lowest BCUT2D eigenvalue weighted by molar-refractivity contribution is -0.126. The normalized spacial score (nSPS) is 23.9. The minimum atomic E-state index is -0.556. The topological polar surface area (TPSA) is 70.2 Å². The fraction of sp³-hybridized carbons (Fsp3) is 0.273. The second kappa shape index (κ2) is 4.32. The predicted octanol–water partition coefficient (Wildman–Crippen LogP) is -0.133. The third kappa shape index (κ3) is 2.04. The van der Waals surface area contributed by atoms with Crippen molar-refractivity contribution < 1.29 is 9.59 Å². The summed E-state index contributed by atoms with van der Waals surface area (Å²) < 4.78 is 0. The summed E-state index contributed by atoms with van der Waals surface area (Å²) in [5, 5.41) is 2.63. The number of carbonyl (C=O) groups excluding carboxylic acids is 2. The SMILES string of the molecule is CC(=O)N[C@@H]1C(=O)NN[C@@H]1c1ccccc1. The summed E-state index contributed by atoms with van der Waals surface area (Å²) in [6, 6.07) is 8.73. The average Bonchev–Trinajstić information content (AvgIpc) is 2.61. The summed E-state index contributed by atoms with van der Waals surface area (Å²) in [7, 11) is 0. The largest absolute Gasteiger partial charge is 0.343 e. The maximum Gasteiger partial charge on any atom is 0.258 e. The van der Waals surface area contributed by atoms with E-state index in [0.717, 1.165) is 5.56 Å². The molecule has 0 aromatic heterocycles. The number of carbonyl (C=O) groups is 2. The van der Waals surface area contributed by atoms with Gasteiger partial charge in [0.25, 0.3) is 5.91 Å². The molecule has 0 bridgehead atoms. The van der Waals surface area contributed by atoms with Gasteiger partial charge in [-0.2, -0.15) is 0 Å². The van der Waals surface area contributed by atoms with Gasteiger partial charge in [0.1, 0.15) is 6.04 Å². The highest BCUT2D eigenvalue weighted by molar-refractivity contribution is 5.89. The van der Waals surface area contributed by atoms with Crippen molar-refractivity contribution >= 4 is 11.8 Å². The smallest absolute Gasteiger partial charge is 0.258 e. The van der Waals surface area contributed by atoms with Crippen LogP contribution in [0.2, 0.25) is 0 Å². The Balaban J connectivity index is 2.21. The monoisotopic (exact) mass is 219 g/mol. The maximum absolute atomic E-state index is 11.5. The first-order valence-electron chi connectivity index (χ1n) is 5.06. The van der Waals surface area contributed by atoms with E-state index < -0.39 is 6.04 Å². The molecule has 2 rings (SSSR count). The van der Waals surface area contributed by atoms with Crippen molar-refractivity contribution in [3.05, 3.63) is 35.9 Å². The fourth-order valence-electron chi connectivity index (χ4n) is 1.77. The van der Waals surface area contributed by atoms with Gasteiger partial charge in [0.05, 0.1) is 6.04 Å². The summed E-state index contributed by atoms with van der Waals surface area (Å²) in [5.74, 6) is -0.436. The van der Waals surface area contributed by atoms with Crippen molar-refractivity contribution in [1.29, 1.82) is 0 Å². The molecule has 1 aliphatic heterocycles. The van der Waals surface area contributed by atoms with Crippen molar-refractivity contribution in [3.63, 3.8) is 0 Å². The molecule has 1 saturated heterocycles. The van der Waals surface area contributed by atoms with Gasteiger partial charge < -0.3 is 5.32 Å². The average molecular weight is 219 g/mol. The van der Waals surface area contributed by atoms with Crippen LogP contribution in [0.4, 0.5) is 0 Å². The Bertz CT molecular complexity index is 405. The van der Waals surface area contributed by atoms with Crippen molar-refractivity contribution in [2.24, 2.45) is 0 Å². The van der Waals surface area contributed by atoms with Gasteiger partial charge in [-0.05, 0) is 5.56 Å². The van der Waals surface area contributed by atoms with Crippen molar-refractivity contribution in [3.8, 4) is 0 Å². The van der Waals surface area contributed by atoms with Gasteiger partial charge in [-0.3, -0.25) is 15.0 Å². The van der Waals surface area contributed by atoms with Gasteiger partial charge in [0, 0.05) is 6.92 Å². The van der Waals surface area contributed by atoms with Crippen LogP contribution >= 0.6 is 0 Å². The number of hydrazine groups is 1. The molecule has 1 aromatic carbocycles. The van der Waals surface area contributed by atoms with Crippen molar-refractivity contribution in [2.45, 2.75) is 19.0 Å². The molecule has 1 aromatic rings. The van der Waals surface area contributed by atoms with Gasteiger partial charge in [0.15, 0.2) is 0 Å². The quantitative estimate of drug-likeness (QED) is 0.648. The van der Waals surface area contributed by atoms with Crippen LogP contribution in [-0.2, 0) is 9.59 Å². The first-order chi connectivity index (χ1) is 7.68. The van der Waals surface area contributed by atoms with Gasteiger partial charge in [-0.15, -0.1) is 0 Å². The molecular formula is C11H13N3O2. The Kier molecular flexibility index (Phi) is 2.87. The maximum atomic E-state index is 11.5. The van der Waals surface area contributed by atoms with E-state index in [2.05, 4.69) is 16.2 Å². The summed E-state index contributed by atoms with van der Waals surface area (Å²) in [6.07, 6.45) is 0. The molecule has 0 aliphatic carbocycles. The van der Waals surface area contributed by atoms with Crippen LogP contribution < -0.4 is 16.2 Å². The standard InChI is InChI=1S/C11H13N3O2/c1-7(15)12-10-9(13-14-11(10)16)8-5-3-2-4-6-8/h2-6,9-10,13H,1H3,(H,12,15)(H,14,16)/t9-,10+/m1/s1. The van der Waals surface area contributed by atoms with Gasteiger partial charge in [0.2, 0.25) is 5.91 Å². The molecule has 1 aliphatic rings. The summed E-state index contributed by atoms with van der Waals surface area (Å²) in [5.41, 5.74) is 6.34. The second-order valence-corrected chi connectivity index (χ2v) is 3.70. The van der Waals surface area contributed by atoms with Crippen LogP contribution in [0.25, 0.3) is 0 Å². The Morgan fingerprint density at radius 1 is 1.31 bits per heavy atom. The molecule has 84 valence electrons. The van der Waals surface area contributed by atoms with Gasteiger partial charge in [-0.25, -0.2) is 5.43 Å². The van der Waals surface area contributed by atoms with E-state index in [4.69, 9.17) is 0 Å². The molecular weight excluding hydrogens is 206 g/mol. The fourth-order valence-corrected chi connectivity index (χ4v) is 1.77. The zero-order valence-electron chi connectivity index (χ0n) is 8.86. The van der Waals surface area contributed by atoms with Crippen LogP contribution in [0, 0.1) is 0 Å². The van der Waals surface area contributed by atoms with Crippen LogP contribution in [0.3, 0.4) is 0 Å². The van der Waals surface area contributed by atoms with E-state index in [0.29, 0.717) is 0 Å². The summed E-state index contributed by atoms with van der Waals surface area (Å²) in [6.45, 7) is 1.40. The van der Waals surface area contributed by atoms with Gasteiger partial charge >= 0.3 is 0 Å². The van der Waals surface area contributed by atoms with Crippen LogP contribution in [0.15, 0.2) is 30.3 Å². The Morgan fingerprint density at radius 2 is 2.00 bits per heavy atom. The highest BCUT2D eigenvalue weighted by Crippen LogP contribution is 2.19. The number of nitrogens with one attached hydrogen (secondary N) is 3. The summed E-state index contributed by atoms with van der Waals surface area (Å²) in [4.78, 5) is 22.5. The number of amides is 2. The molecule has 3 N–H and O–H groups in total. The van der Waals surface area contributed by atoms with E-state index in [9.17, 15) is 9.59 Å². The van der Waals surface area contributed by atoms with Crippen LogP contribution in [0.5, 0.6) is 0 Å². The third-order valence-electron chi connectivity index (χ3n) is 2.48. The molecule has 5 heteroatoms. The van der Waals surface area contributed by atoms with Crippen LogP contribution in [-0.4, -0.2) is 17.9 Å². The van der Waals surface area contributed by atoms with E-state index in [1.807, 2.05) is 30.3 Å². The molecule has 2 amide bonds. The third-order valence-corrected chi connectivity index (χ3v) is 2.48. The highest BCUT2D eigenvalue weighted by Gasteiger charge is 2.35. The lowest BCUT2D eigenvalue weighted by Crippen LogP contribution is -2.41. The molecule has 0 unspecified atom stereocenters. The molecule has 0 saturated carbocycles. The predicted molar refractivity (Wildman–Crippen MR) is 58.1 cm³/mol. The molecule has 1 heterocycles. The van der Waals surface area contributed by atoms with E-state index in [-0.39, 0.29) is 17.9 Å².